The van der Waals surface area contributed by atoms with E-state index >= 15 is 0 Å². The smallest absolute Gasteiger partial charge is 0.436 e. The van der Waals surface area contributed by atoms with Crippen LogP contribution in [-0.4, -0.2) is 28.4 Å². The third kappa shape index (κ3) is 2.85. The fourth-order valence-electron chi connectivity index (χ4n) is 2.25. The molecule has 1 amide bonds. The molecule has 122 valence electrons. The largest absolute Gasteiger partial charge is 0.448 e. The van der Waals surface area contributed by atoms with Crippen LogP contribution in [0.25, 0.3) is 0 Å². The molecule has 0 aliphatic carbocycles. The van der Waals surface area contributed by atoms with E-state index in [2.05, 4.69) is 15.7 Å². The molecular formula is C15H24N4O3. The molecule has 2 N–H and O–H groups in total. The Bertz CT molecular complexity index is 611. The van der Waals surface area contributed by atoms with E-state index in [4.69, 9.17) is 4.74 Å². The molecule has 1 aromatic rings. The van der Waals surface area contributed by atoms with Gasteiger partial charge in [0.05, 0.1) is 17.8 Å². The molecule has 0 radical (unpaired) electrons. The van der Waals surface area contributed by atoms with Crippen LogP contribution in [0.3, 0.4) is 0 Å². The fraction of sp³-hybridized carbons (Fsp3) is 0.667. The number of anilines is 1. The Labute approximate surface area is 130 Å². The zero-order valence-corrected chi connectivity index (χ0v) is 14.0. The molecule has 7 heteroatoms. The third-order valence-electron chi connectivity index (χ3n) is 3.64. The van der Waals surface area contributed by atoms with Crippen molar-refractivity contribution in [1.82, 2.24) is 15.1 Å². The van der Waals surface area contributed by atoms with E-state index < -0.39 is 11.5 Å². The van der Waals surface area contributed by atoms with E-state index in [9.17, 15) is 9.59 Å². The summed E-state index contributed by atoms with van der Waals surface area (Å²) in [4.78, 5) is 24.4. The zero-order valence-electron chi connectivity index (χ0n) is 14.0. The number of hydrogen-bond acceptors (Lipinski definition) is 5. The Kier molecular flexibility index (Phi) is 4.04. The van der Waals surface area contributed by atoms with Crippen LogP contribution in [-0.2, 0) is 21.6 Å². The maximum Gasteiger partial charge on any atom is 0.436 e. The second kappa shape index (κ2) is 5.39. The van der Waals surface area contributed by atoms with Crippen molar-refractivity contribution in [3.8, 4) is 0 Å². The molecule has 2 heterocycles. The minimum absolute atomic E-state index is 0.176. The Morgan fingerprint density at radius 1 is 1.41 bits per heavy atom. The molecule has 1 aliphatic heterocycles. The van der Waals surface area contributed by atoms with Crippen molar-refractivity contribution >= 4 is 17.8 Å². The Balaban J connectivity index is 2.46. The van der Waals surface area contributed by atoms with Crippen molar-refractivity contribution in [2.75, 3.05) is 11.9 Å². The van der Waals surface area contributed by atoms with E-state index in [1.165, 1.54) is 0 Å². The highest BCUT2D eigenvalue weighted by Gasteiger charge is 2.38. The number of carbonyl (C=O) groups excluding carboxylic acids is 2. The highest BCUT2D eigenvalue weighted by Crippen LogP contribution is 2.35. The fourth-order valence-corrected chi connectivity index (χ4v) is 2.25. The first-order chi connectivity index (χ1) is 10.1. The first-order valence-corrected chi connectivity index (χ1v) is 7.44. The van der Waals surface area contributed by atoms with E-state index in [-0.39, 0.29) is 18.1 Å². The lowest BCUT2D eigenvalue weighted by atomic mass is 9.95. The van der Waals surface area contributed by atoms with Gasteiger partial charge in [-0.05, 0) is 20.8 Å². The topological polar surface area (TPSA) is 85.2 Å². The second-order valence-corrected chi connectivity index (χ2v) is 6.97. The molecule has 0 aromatic carbocycles. The van der Waals surface area contributed by atoms with Crippen molar-refractivity contribution < 1.29 is 14.3 Å². The number of aromatic nitrogens is 2. The van der Waals surface area contributed by atoms with Gasteiger partial charge >= 0.3 is 6.09 Å². The number of hydrogen-bond donors (Lipinski definition) is 2. The summed E-state index contributed by atoms with van der Waals surface area (Å²) < 4.78 is 6.18. The zero-order chi connectivity index (χ0) is 16.7. The summed E-state index contributed by atoms with van der Waals surface area (Å²) in [6.45, 7) is 11.9. The summed E-state index contributed by atoms with van der Waals surface area (Å²) in [5, 5.41) is 10.5. The first kappa shape index (κ1) is 16.5. The Morgan fingerprint density at radius 3 is 2.59 bits per heavy atom. The van der Waals surface area contributed by atoms with Crippen LogP contribution >= 0.6 is 0 Å². The van der Waals surface area contributed by atoms with E-state index in [0.29, 0.717) is 12.4 Å². The molecule has 0 fully saturated rings. The summed E-state index contributed by atoms with van der Waals surface area (Å²) in [6.07, 6.45) is -0.586. The van der Waals surface area contributed by atoms with Gasteiger partial charge in [0, 0.05) is 17.5 Å². The number of rotatable bonds is 2. The number of amides is 1. The monoisotopic (exact) mass is 308 g/mol. The predicted octanol–water partition coefficient (Wildman–Crippen LogP) is 2.21. The van der Waals surface area contributed by atoms with Crippen LogP contribution in [0.2, 0.25) is 0 Å². The van der Waals surface area contributed by atoms with Gasteiger partial charge in [-0.15, -0.1) is 4.68 Å². The van der Waals surface area contributed by atoms with Gasteiger partial charge in [0.15, 0.2) is 0 Å². The lowest BCUT2D eigenvalue weighted by Gasteiger charge is -2.19. The molecule has 0 atom stereocenters. The molecule has 0 saturated carbocycles. The van der Waals surface area contributed by atoms with Crippen molar-refractivity contribution in [1.29, 1.82) is 0 Å². The average molecular weight is 308 g/mol. The highest BCUT2D eigenvalue weighted by atomic mass is 16.6. The molecular weight excluding hydrogens is 284 g/mol. The van der Waals surface area contributed by atoms with Gasteiger partial charge in [0.25, 0.3) is 0 Å². The van der Waals surface area contributed by atoms with Gasteiger partial charge < -0.3 is 15.4 Å². The normalized spacial score (nSPS) is 16.3. The SMILES string of the molecule is CCOC(=O)n1nc2c(c1NC(=O)C(C)(C)C)CNC2(C)C. The number of nitrogens with zero attached hydrogens (tertiary/aromatic N) is 2. The number of ether oxygens (including phenoxy) is 1. The van der Waals surface area contributed by atoms with Crippen molar-refractivity contribution in [3.05, 3.63) is 11.3 Å². The van der Waals surface area contributed by atoms with Crippen molar-refractivity contribution in [3.63, 3.8) is 0 Å². The quantitative estimate of drug-likeness (QED) is 0.875. The van der Waals surface area contributed by atoms with Crippen LogP contribution in [0, 0.1) is 5.41 Å². The molecule has 0 saturated heterocycles. The average Bonchev–Trinajstić information content (AvgIpc) is 2.88. The standard InChI is InChI=1S/C15H24N4O3/c1-7-22-13(21)19-11(17-12(20)14(2,3)4)9-8-16-15(5,6)10(9)18-19/h16H,7-8H2,1-6H3,(H,17,20). The highest BCUT2D eigenvalue weighted by molar-refractivity contribution is 5.96. The molecule has 7 nitrogen and oxygen atoms in total. The van der Waals surface area contributed by atoms with Crippen LogP contribution in [0.15, 0.2) is 0 Å². The maximum atomic E-state index is 12.3. The van der Waals surface area contributed by atoms with Crippen molar-refractivity contribution in [2.24, 2.45) is 5.41 Å². The van der Waals surface area contributed by atoms with E-state index in [1.54, 1.807) is 6.92 Å². The maximum absolute atomic E-state index is 12.3. The lowest BCUT2D eigenvalue weighted by Crippen LogP contribution is -2.32. The third-order valence-corrected chi connectivity index (χ3v) is 3.64. The predicted molar refractivity (Wildman–Crippen MR) is 82.6 cm³/mol. The molecule has 2 rings (SSSR count). The van der Waals surface area contributed by atoms with Crippen LogP contribution < -0.4 is 10.6 Å². The number of nitrogens with one attached hydrogen (secondary N) is 2. The molecule has 1 aliphatic rings. The van der Waals surface area contributed by atoms with Gasteiger partial charge in [0.2, 0.25) is 5.91 Å². The van der Waals surface area contributed by atoms with Crippen LogP contribution in [0.4, 0.5) is 10.6 Å². The first-order valence-electron chi connectivity index (χ1n) is 7.44. The van der Waals surface area contributed by atoms with Crippen LogP contribution in [0.5, 0.6) is 0 Å². The second-order valence-electron chi connectivity index (χ2n) is 6.97. The van der Waals surface area contributed by atoms with Gasteiger partial charge in [0.1, 0.15) is 5.82 Å². The van der Waals surface area contributed by atoms with Gasteiger partial charge in [-0.1, -0.05) is 20.8 Å². The number of carbonyl (C=O) groups is 2. The van der Waals surface area contributed by atoms with Gasteiger partial charge in [-0.3, -0.25) is 4.79 Å². The van der Waals surface area contributed by atoms with E-state index in [0.717, 1.165) is 15.9 Å². The van der Waals surface area contributed by atoms with Gasteiger partial charge in [-0.25, -0.2) is 4.79 Å². The summed E-state index contributed by atoms with van der Waals surface area (Å²) in [6, 6.07) is 0. The summed E-state index contributed by atoms with van der Waals surface area (Å²) in [5.74, 6) is 0.219. The minimum Gasteiger partial charge on any atom is -0.448 e. The minimum atomic E-state index is -0.586. The van der Waals surface area contributed by atoms with Gasteiger partial charge in [-0.2, -0.15) is 5.10 Å². The Morgan fingerprint density at radius 2 is 2.05 bits per heavy atom. The number of fused-ring (bicyclic) bond motifs is 1. The summed E-state index contributed by atoms with van der Waals surface area (Å²) in [7, 11) is 0. The molecule has 0 spiro atoms. The Hall–Kier alpha value is -1.89. The molecule has 0 unspecified atom stereocenters. The van der Waals surface area contributed by atoms with Crippen LogP contribution in [0.1, 0.15) is 52.8 Å². The molecule has 1 aromatic heterocycles. The van der Waals surface area contributed by atoms with E-state index in [1.807, 2.05) is 34.6 Å². The summed E-state index contributed by atoms with van der Waals surface area (Å²) >= 11 is 0. The molecule has 22 heavy (non-hydrogen) atoms. The lowest BCUT2D eigenvalue weighted by molar-refractivity contribution is -0.123. The molecule has 0 bridgehead atoms. The van der Waals surface area contributed by atoms with Crippen molar-refractivity contribution in [2.45, 2.75) is 53.6 Å². The summed E-state index contributed by atoms with van der Waals surface area (Å²) in [5.41, 5.74) is 0.660.